The largest absolute Gasteiger partial charge is 0.414 e. The van der Waals surface area contributed by atoms with Crippen LogP contribution in [0.25, 0.3) is 0 Å². The lowest BCUT2D eigenvalue weighted by atomic mass is 10.0. The molecule has 2 rings (SSSR count). The Labute approximate surface area is 153 Å². The number of ether oxygens (including phenoxy) is 4. The number of hydrogen-bond donors (Lipinski definition) is 1. The summed E-state index contributed by atoms with van der Waals surface area (Å²) in [7, 11) is -1.90. The van der Waals surface area contributed by atoms with Crippen LogP contribution in [-0.2, 0) is 23.4 Å². The third-order valence-corrected chi connectivity index (χ3v) is 9.86. The van der Waals surface area contributed by atoms with E-state index in [-0.39, 0.29) is 23.9 Å². The van der Waals surface area contributed by atoms with E-state index in [0.717, 1.165) is 0 Å². The molecule has 2 saturated heterocycles. The molecule has 0 aliphatic carbocycles. The summed E-state index contributed by atoms with van der Waals surface area (Å²) < 4.78 is 30.4. The van der Waals surface area contributed by atoms with E-state index in [2.05, 4.69) is 33.9 Å². The van der Waals surface area contributed by atoms with Gasteiger partial charge in [-0.05, 0) is 45.8 Å². The Morgan fingerprint density at radius 1 is 0.880 bits per heavy atom. The van der Waals surface area contributed by atoms with E-state index in [1.54, 1.807) is 0 Å². The average molecular weight is 377 g/mol. The fourth-order valence-electron chi connectivity index (χ4n) is 3.06. The molecule has 4 atom stereocenters. The quantitative estimate of drug-likeness (QED) is 0.744. The Bertz CT molecular complexity index is 471. The van der Waals surface area contributed by atoms with Gasteiger partial charge in [0.2, 0.25) is 0 Å². The highest BCUT2D eigenvalue weighted by Crippen LogP contribution is 2.40. The van der Waals surface area contributed by atoms with Crippen molar-refractivity contribution in [1.82, 2.24) is 0 Å². The lowest BCUT2D eigenvalue weighted by molar-refractivity contribution is -0.175. The Balaban J connectivity index is 2.13. The summed E-state index contributed by atoms with van der Waals surface area (Å²) in [5.74, 6) is -1.47. The maximum absolute atomic E-state index is 9.69. The molecule has 2 heterocycles. The molecule has 2 fully saturated rings. The minimum Gasteiger partial charge on any atom is -0.414 e. The van der Waals surface area contributed by atoms with E-state index in [1.165, 1.54) is 0 Å². The van der Waals surface area contributed by atoms with Gasteiger partial charge < -0.3 is 28.5 Å². The van der Waals surface area contributed by atoms with Gasteiger partial charge in [-0.3, -0.25) is 0 Å². The summed E-state index contributed by atoms with van der Waals surface area (Å²) in [5, 5.41) is 9.81. The fourth-order valence-corrected chi connectivity index (χ4v) is 4.07. The molecule has 148 valence electrons. The van der Waals surface area contributed by atoms with Crippen LogP contribution in [0.2, 0.25) is 18.1 Å². The Hall–Kier alpha value is -0.0231. The lowest BCUT2D eigenvalue weighted by Crippen LogP contribution is -2.48. The fraction of sp³-hybridized carbons (Fsp3) is 1.00. The van der Waals surface area contributed by atoms with Gasteiger partial charge in [0.25, 0.3) is 0 Å². The highest BCUT2D eigenvalue weighted by Gasteiger charge is 2.54. The summed E-state index contributed by atoms with van der Waals surface area (Å²) in [5.41, 5.74) is 0. The van der Waals surface area contributed by atoms with Crippen molar-refractivity contribution in [1.29, 1.82) is 0 Å². The minimum absolute atomic E-state index is 0.121. The predicted molar refractivity (Wildman–Crippen MR) is 97.9 cm³/mol. The summed E-state index contributed by atoms with van der Waals surface area (Å²) in [6.07, 6.45) is -1.44. The van der Waals surface area contributed by atoms with Crippen molar-refractivity contribution >= 4 is 8.32 Å². The summed E-state index contributed by atoms with van der Waals surface area (Å²) in [6, 6.07) is 0. The number of aliphatic hydroxyl groups excluding tert-OH is 1. The van der Waals surface area contributed by atoms with E-state index in [1.807, 2.05) is 27.7 Å². The topological polar surface area (TPSA) is 66.4 Å². The molecular formula is C18H36O6Si. The van der Waals surface area contributed by atoms with E-state index in [0.29, 0.717) is 6.61 Å². The molecule has 0 bridgehead atoms. The van der Waals surface area contributed by atoms with Crippen LogP contribution in [0.5, 0.6) is 0 Å². The molecule has 0 unspecified atom stereocenters. The maximum Gasteiger partial charge on any atom is 0.192 e. The SMILES string of the molecule is CC1(C)O[C@@H]([C@@H]2OC(C)(C)O[C@@H]2CO[Si](C)(C)C(C)(C)C)[C@H](CO)O1. The van der Waals surface area contributed by atoms with Gasteiger partial charge in [0, 0.05) is 0 Å². The molecule has 7 heteroatoms. The van der Waals surface area contributed by atoms with Crippen LogP contribution < -0.4 is 0 Å². The molecule has 25 heavy (non-hydrogen) atoms. The van der Waals surface area contributed by atoms with Crippen LogP contribution in [0.4, 0.5) is 0 Å². The first-order valence-corrected chi connectivity index (χ1v) is 12.0. The van der Waals surface area contributed by atoms with Crippen LogP contribution in [0.15, 0.2) is 0 Å². The van der Waals surface area contributed by atoms with Gasteiger partial charge in [0.05, 0.1) is 13.2 Å². The molecule has 2 aliphatic heterocycles. The van der Waals surface area contributed by atoms with Crippen molar-refractivity contribution < 1.29 is 28.5 Å². The van der Waals surface area contributed by atoms with Crippen LogP contribution in [0.3, 0.4) is 0 Å². The second-order valence-electron chi connectivity index (χ2n) is 9.53. The molecule has 0 aromatic rings. The molecule has 0 spiro atoms. The molecule has 0 aromatic heterocycles. The zero-order valence-corrected chi connectivity index (χ0v) is 18.2. The van der Waals surface area contributed by atoms with Crippen LogP contribution >= 0.6 is 0 Å². The highest BCUT2D eigenvalue weighted by atomic mass is 28.4. The standard InChI is InChI=1S/C18H36O6Si/c1-16(2,3)25(8,9)20-11-13-15(24-18(6,7)22-13)14-12(10-19)21-17(4,5)23-14/h12-15,19H,10-11H2,1-9H3/t12-,13+,14+,15+/m0/s1. The average Bonchev–Trinajstić information content (AvgIpc) is 2.90. The molecule has 0 amide bonds. The first-order valence-electron chi connectivity index (χ1n) is 9.13. The van der Waals surface area contributed by atoms with Gasteiger partial charge in [-0.25, -0.2) is 0 Å². The van der Waals surface area contributed by atoms with E-state index in [9.17, 15) is 5.11 Å². The zero-order chi connectivity index (χ0) is 19.3. The zero-order valence-electron chi connectivity index (χ0n) is 17.2. The second-order valence-corrected chi connectivity index (χ2v) is 14.3. The molecule has 6 nitrogen and oxygen atoms in total. The van der Waals surface area contributed by atoms with Crippen molar-refractivity contribution in [2.75, 3.05) is 13.2 Å². The maximum atomic E-state index is 9.69. The molecule has 0 saturated carbocycles. The van der Waals surface area contributed by atoms with E-state index >= 15 is 0 Å². The summed E-state index contributed by atoms with van der Waals surface area (Å²) in [4.78, 5) is 0. The third kappa shape index (κ3) is 4.83. The first-order chi connectivity index (χ1) is 11.2. The Morgan fingerprint density at radius 3 is 1.76 bits per heavy atom. The van der Waals surface area contributed by atoms with E-state index in [4.69, 9.17) is 23.4 Å². The third-order valence-electron chi connectivity index (χ3n) is 5.36. The van der Waals surface area contributed by atoms with Crippen LogP contribution in [0.1, 0.15) is 48.5 Å². The summed E-state index contributed by atoms with van der Waals surface area (Å²) >= 11 is 0. The number of hydrogen-bond acceptors (Lipinski definition) is 6. The molecule has 1 N–H and O–H groups in total. The lowest BCUT2D eigenvalue weighted by Gasteiger charge is -2.37. The molecule has 2 aliphatic rings. The van der Waals surface area contributed by atoms with Crippen molar-refractivity contribution in [2.45, 2.75) is 103 Å². The predicted octanol–water partition coefficient (Wildman–Crippen LogP) is 3.04. The van der Waals surface area contributed by atoms with E-state index < -0.39 is 32.1 Å². The normalized spacial score (nSPS) is 35.3. The monoisotopic (exact) mass is 376 g/mol. The smallest absolute Gasteiger partial charge is 0.192 e. The molecule has 0 aromatic carbocycles. The van der Waals surface area contributed by atoms with Crippen LogP contribution in [0, 0.1) is 0 Å². The first kappa shape index (κ1) is 21.3. The van der Waals surface area contributed by atoms with Crippen molar-refractivity contribution in [3.63, 3.8) is 0 Å². The molecule has 0 radical (unpaired) electrons. The second kappa shape index (κ2) is 6.85. The van der Waals surface area contributed by atoms with Crippen molar-refractivity contribution in [2.24, 2.45) is 0 Å². The van der Waals surface area contributed by atoms with Crippen molar-refractivity contribution in [3.8, 4) is 0 Å². The Morgan fingerprint density at radius 2 is 1.32 bits per heavy atom. The number of aliphatic hydroxyl groups is 1. The van der Waals surface area contributed by atoms with Crippen molar-refractivity contribution in [3.05, 3.63) is 0 Å². The van der Waals surface area contributed by atoms with Gasteiger partial charge >= 0.3 is 0 Å². The molecular weight excluding hydrogens is 340 g/mol. The summed E-state index contributed by atoms with van der Waals surface area (Å²) in [6.45, 7) is 18.9. The van der Waals surface area contributed by atoms with Gasteiger partial charge in [-0.15, -0.1) is 0 Å². The number of rotatable bonds is 5. The van der Waals surface area contributed by atoms with Gasteiger partial charge in [-0.1, -0.05) is 20.8 Å². The minimum atomic E-state index is -1.90. The van der Waals surface area contributed by atoms with Gasteiger partial charge in [0.15, 0.2) is 19.9 Å². The van der Waals surface area contributed by atoms with Crippen LogP contribution in [-0.4, -0.2) is 62.6 Å². The Kier molecular flexibility index (Phi) is 5.83. The van der Waals surface area contributed by atoms with Gasteiger partial charge in [0.1, 0.15) is 24.4 Å². The highest BCUT2D eigenvalue weighted by molar-refractivity contribution is 6.74. The van der Waals surface area contributed by atoms with Gasteiger partial charge in [-0.2, -0.15) is 0 Å².